The second kappa shape index (κ2) is 7.89. The molecular weight excluding hydrogens is 481 g/mol. The highest BCUT2D eigenvalue weighted by molar-refractivity contribution is 8.17. The summed E-state index contributed by atoms with van der Waals surface area (Å²) in [5.74, 6) is 0. The summed E-state index contributed by atoms with van der Waals surface area (Å²) in [4.78, 5) is 5.60. The number of fused-ring (bicyclic) bond motifs is 4. The predicted molar refractivity (Wildman–Crippen MR) is 156 cm³/mol. The summed E-state index contributed by atoms with van der Waals surface area (Å²) in [6, 6.07) is 35.0. The third-order valence-corrected chi connectivity index (χ3v) is 12.0. The summed E-state index contributed by atoms with van der Waals surface area (Å²) < 4.78 is 1.37. The highest BCUT2D eigenvalue weighted by atomic mass is 32.2. The van der Waals surface area contributed by atoms with Crippen LogP contribution in [0.4, 0.5) is 0 Å². The van der Waals surface area contributed by atoms with Crippen molar-refractivity contribution >= 4 is 55.1 Å². The highest BCUT2D eigenvalue weighted by Gasteiger charge is 2.56. The number of allylic oxidation sites excluding steroid dienone is 2. The molecule has 4 aromatic rings. The fourth-order valence-electron chi connectivity index (χ4n) is 5.50. The third-order valence-electron chi connectivity index (χ3n) is 7.60. The van der Waals surface area contributed by atoms with Gasteiger partial charge in [0.1, 0.15) is 0 Å². The molecule has 3 heterocycles. The molecule has 0 saturated heterocycles. The number of hydrogen-bond donors (Lipinski definition) is 0. The molecule has 0 N–H and O–H groups in total. The van der Waals surface area contributed by atoms with E-state index in [9.17, 15) is 0 Å². The molecule has 35 heavy (non-hydrogen) atoms. The van der Waals surface area contributed by atoms with Gasteiger partial charge in [0, 0.05) is 29.5 Å². The van der Waals surface area contributed by atoms with E-state index in [1.54, 1.807) is 0 Å². The Kier molecular flexibility index (Phi) is 4.86. The van der Waals surface area contributed by atoms with Crippen molar-refractivity contribution in [3.63, 3.8) is 0 Å². The molecule has 0 fully saturated rings. The standard InChI is InChI=1S/C32H24S3/c1-31-20-28(23-16-10-5-11-17-23)34-30(31)29-24(18-26(33-29)21-12-6-3-7-13-21)25-19-27(35-32(25,31)2)22-14-8-4-9-15-22/h3-20H,1-2H3. The zero-order chi connectivity index (χ0) is 23.6. The van der Waals surface area contributed by atoms with Crippen molar-refractivity contribution in [1.82, 2.24) is 0 Å². The maximum atomic E-state index is 2.56. The van der Waals surface area contributed by atoms with E-state index >= 15 is 0 Å². The Labute approximate surface area is 218 Å². The molecule has 2 atom stereocenters. The lowest BCUT2D eigenvalue weighted by Gasteiger charge is -2.43. The third kappa shape index (κ3) is 3.15. The van der Waals surface area contributed by atoms with Gasteiger partial charge in [-0.3, -0.25) is 0 Å². The molecule has 170 valence electrons. The Hall–Kier alpha value is -2.72. The van der Waals surface area contributed by atoms with Gasteiger partial charge in [-0.25, -0.2) is 0 Å². The van der Waals surface area contributed by atoms with E-state index in [0.717, 1.165) is 0 Å². The van der Waals surface area contributed by atoms with Crippen LogP contribution in [0.25, 0.3) is 30.7 Å². The van der Waals surface area contributed by atoms with Crippen LogP contribution in [0.2, 0.25) is 0 Å². The second-order valence-corrected chi connectivity index (χ2v) is 13.2. The monoisotopic (exact) mass is 504 g/mol. The number of thioether (sulfide) groups is 2. The minimum atomic E-state index is -0.0817. The molecule has 0 amide bonds. The lowest BCUT2D eigenvalue weighted by atomic mass is 9.70. The van der Waals surface area contributed by atoms with Crippen LogP contribution < -0.4 is 9.75 Å². The van der Waals surface area contributed by atoms with Gasteiger partial charge in [-0.1, -0.05) is 109 Å². The Morgan fingerprint density at radius 1 is 0.657 bits per heavy atom. The van der Waals surface area contributed by atoms with Crippen LogP contribution in [0, 0.1) is 5.41 Å². The number of benzene rings is 3. The summed E-state index contributed by atoms with van der Waals surface area (Å²) in [5.41, 5.74) is 5.30. The highest BCUT2D eigenvalue weighted by Crippen LogP contribution is 2.68. The lowest BCUT2D eigenvalue weighted by Crippen LogP contribution is -2.48. The molecule has 1 aliphatic carbocycles. The van der Waals surface area contributed by atoms with Crippen molar-refractivity contribution < 1.29 is 0 Å². The summed E-state index contributed by atoms with van der Waals surface area (Å²) in [6.07, 6.45) is 5.03. The molecular formula is C32H24S3. The first-order valence-electron chi connectivity index (χ1n) is 11.9. The van der Waals surface area contributed by atoms with Crippen LogP contribution in [0.3, 0.4) is 0 Å². The van der Waals surface area contributed by atoms with Crippen molar-refractivity contribution in [1.29, 1.82) is 0 Å². The molecule has 3 heteroatoms. The molecule has 2 unspecified atom stereocenters. The maximum absolute atomic E-state index is 2.56. The second-order valence-electron chi connectivity index (χ2n) is 9.65. The topological polar surface area (TPSA) is 0 Å². The zero-order valence-electron chi connectivity index (χ0n) is 19.6. The molecule has 0 bridgehead atoms. The average molecular weight is 505 g/mol. The normalized spacial score (nSPS) is 24.5. The molecule has 1 aromatic heterocycles. The quantitative estimate of drug-likeness (QED) is 0.277. The summed E-state index contributed by atoms with van der Waals surface area (Å²) in [6.45, 7) is 4.93. The van der Waals surface area contributed by atoms with E-state index in [1.165, 1.54) is 51.6 Å². The molecule has 0 nitrogen and oxygen atoms in total. The van der Waals surface area contributed by atoms with Gasteiger partial charge >= 0.3 is 0 Å². The van der Waals surface area contributed by atoms with Gasteiger partial charge in [0.15, 0.2) is 0 Å². The molecule has 0 spiro atoms. The van der Waals surface area contributed by atoms with Crippen LogP contribution in [0.15, 0.2) is 109 Å². The maximum Gasteiger partial charge on any atom is 0.0568 e. The van der Waals surface area contributed by atoms with E-state index < -0.39 is 0 Å². The van der Waals surface area contributed by atoms with Gasteiger partial charge in [-0.2, -0.15) is 0 Å². The van der Waals surface area contributed by atoms with Gasteiger partial charge in [0.05, 0.1) is 4.75 Å². The first-order valence-corrected chi connectivity index (χ1v) is 14.4. The Morgan fingerprint density at radius 2 is 1.23 bits per heavy atom. The van der Waals surface area contributed by atoms with Crippen LogP contribution in [-0.4, -0.2) is 4.75 Å². The lowest BCUT2D eigenvalue weighted by molar-refractivity contribution is 0.504. The largest absolute Gasteiger partial charge is 0.134 e. The molecule has 2 aliphatic heterocycles. The van der Waals surface area contributed by atoms with E-state index in [1.807, 2.05) is 34.9 Å². The van der Waals surface area contributed by atoms with Crippen LogP contribution in [0.5, 0.6) is 0 Å². The molecule has 7 rings (SSSR count). The first-order chi connectivity index (χ1) is 17.1. The van der Waals surface area contributed by atoms with Crippen molar-refractivity contribution in [2.75, 3.05) is 0 Å². The minimum Gasteiger partial charge on any atom is -0.134 e. The van der Waals surface area contributed by atoms with Gasteiger partial charge in [0.2, 0.25) is 0 Å². The smallest absolute Gasteiger partial charge is 0.0568 e. The number of rotatable bonds is 3. The average Bonchev–Trinajstić information content (AvgIpc) is 3.60. The van der Waals surface area contributed by atoms with Crippen LogP contribution >= 0.6 is 34.9 Å². The summed E-state index contributed by atoms with van der Waals surface area (Å²) in [5, 5.41) is 1.41. The summed E-state index contributed by atoms with van der Waals surface area (Å²) >= 11 is 5.98. The fraction of sp³-hybridized carbons (Fsp3) is 0.125. The van der Waals surface area contributed by atoms with E-state index in [0.29, 0.717) is 0 Å². The Bertz CT molecular complexity index is 1640. The fourth-order valence-corrected chi connectivity index (χ4v) is 10.0. The van der Waals surface area contributed by atoms with E-state index in [4.69, 9.17) is 0 Å². The van der Waals surface area contributed by atoms with E-state index in [2.05, 4.69) is 123 Å². The Balaban J connectivity index is 1.51. The first kappa shape index (κ1) is 21.6. The molecule has 0 saturated carbocycles. The number of thiophene rings is 1. The molecule has 0 radical (unpaired) electrons. The van der Waals surface area contributed by atoms with Gasteiger partial charge in [-0.15, -0.1) is 23.1 Å². The van der Waals surface area contributed by atoms with Crippen LogP contribution in [0.1, 0.15) is 25.0 Å². The minimum absolute atomic E-state index is 0.0704. The number of hydrogen-bond acceptors (Lipinski definition) is 3. The van der Waals surface area contributed by atoms with Crippen molar-refractivity contribution in [2.45, 2.75) is 18.6 Å². The summed E-state index contributed by atoms with van der Waals surface area (Å²) in [7, 11) is 0. The van der Waals surface area contributed by atoms with E-state index in [-0.39, 0.29) is 10.2 Å². The van der Waals surface area contributed by atoms with Crippen molar-refractivity contribution in [2.24, 2.45) is 5.41 Å². The van der Waals surface area contributed by atoms with Crippen LogP contribution in [-0.2, 0) is 0 Å². The zero-order valence-corrected chi connectivity index (χ0v) is 22.1. The molecule has 3 aromatic carbocycles. The van der Waals surface area contributed by atoms with Gasteiger partial charge < -0.3 is 0 Å². The SMILES string of the molecule is CC12C=C(c3ccccc3)SC1=c1sc(-c3ccccc3)cc1=C1C=C(c3ccccc3)SC12C. The van der Waals surface area contributed by atoms with Gasteiger partial charge in [-0.05, 0) is 53.5 Å². The van der Waals surface area contributed by atoms with Gasteiger partial charge in [0.25, 0.3) is 0 Å². The van der Waals surface area contributed by atoms with Crippen molar-refractivity contribution in [3.05, 3.63) is 130 Å². The van der Waals surface area contributed by atoms with Crippen molar-refractivity contribution in [3.8, 4) is 10.4 Å². The Morgan fingerprint density at radius 3 is 1.86 bits per heavy atom. The molecule has 3 aliphatic rings. The predicted octanol–water partition coefficient (Wildman–Crippen LogP) is 8.03.